The largest absolute Gasteiger partial charge is 0.325 e. The summed E-state index contributed by atoms with van der Waals surface area (Å²) in [7, 11) is 0. The van der Waals surface area contributed by atoms with Crippen LogP contribution in [0.25, 0.3) is 0 Å². The van der Waals surface area contributed by atoms with Crippen LogP contribution in [0.4, 0.5) is 0 Å². The standard InChI is InChI=1S/C22H27N5O4/c23-14-11-26(12-14)15-5-7-25(8-6-15)10-13-1-2-16-17(9-13)22(31)27(21(16)30)18-3-4-19(28)24-20(18)29/h1-2,9,14-15,18H,3-8,10-12,23H2,(H,24,28,29). The van der Waals surface area contributed by atoms with Crippen LogP contribution in [0, 0.1) is 0 Å². The van der Waals surface area contributed by atoms with Crippen molar-refractivity contribution in [1.82, 2.24) is 20.0 Å². The molecule has 1 atom stereocenters. The van der Waals surface area contributed by atoms with Gasteiger partial charge in [0.15, 0.2) is 0 Å². The van der Waals surface area contributed by atoms with Crippen molar-refractivity contribution >= 4 is 23.6 Å². The Bertz CT molecular complexity index is 949. The number of likely N-dealkylation sites (tertiary alicyclic amines) is 2. The topological polar surface area (TPSA) is 116 Å². The first-order valence-electron chi connectivity index (χ1n) is 11.0. The second-order valence-electron chi connectivity index (χ2n) is 9.05. The minimum Gasteiger partial charge on any atom is -0.325 e. The van der Waals surface area contributed by atoms with E-state index >= 15 is 0 Å². The summed E-state index contributed by atoms with van der Waals surface area (Å²) in [6, 6.07) is 5.36. The maximum atomic E-state index is 13.0. The van der Waals surface area contributed by atoms with Crippen LogP contribution >= 0.6 is 0 Å². The molecule has 164 valence electrons. The number of hydrogen-bond donors (Lipinski definition) is 2. The van der Waals surface area contributed by atoms with E-state index in [0.29, 0.717) is 23.2 Å². The molecule has 0 spiro atoms. The summed E-state index contributed by atoms with van der Waals surface area (Å²) < 4.78 is 0. The molecule has 0 saturated carbocycles. The Morgan fingerprint density at radius 1 is 0.968 bits per heavy atom. The first kappa shape index (κ1) is 20.3. The van der Waals surface area contributed by atoms with Gasteiger partial charge in [0.1, 0.15) is 6.04 Å². The zero-order chi connectivity index (χ0) is 21.7. The van der Waals surface area contributed by atoms with Gasteiger partial charge in [0, 0.05) is 38.1 Å². The molecular formula is C22H27N5O4. The molecule has 3 N–H and O–H groups in total. The Morgan fingerprint density at radius 2 is 1.68 bits per heavy atom. The SMILES string of the molecule is NC1CN(C2CCN(Cc3ccc4c(c3)C(=O)N(C3CCC(=O)NC3=O)C4=O)CC2)C1. The van der Waals surface area contributed by atoms with E-state index in [1.807, 2.05) is 6.07 Å². The molecule has 31 heavy (non-hydrogen) atoms. The average molecular weight is 425 g/mol. The van der Waals surface area contributed by atoms with Crippen LogP contribution in [0.3, 0.4) is 0 Å². The van der Waals surface area contributed by atoms with Gasteiger partial charge in [-0.25, -0.2) is 0 Å². The molecule has 5 rings (SSSR count). The van der Waals surface area contributed by atoms with Gasteiger partial charge in [-0.05, 0) is 50.0 Å². The molecule has 4 aliphatic heterocycles. The molecule has 1 aromatic rings. The number of carbonyl (C=O) groups excluding carboxylic acids is 4. The number of nitrogens with one attached hydrogen (secondary N) is 1. The maximum Gasteiger partial charge on any atom is 0.262 e. The summed E-state index contributed by atoms with van der Waals surface area (Å²) in [6.07, 6.45) is 2.50. The highest BCUT2D eigenvalue weighted by Crippen LogP contribution is 2.29. The lowest BCUT2D eigenvalue weighted by molar-refractivity contribution is -0.136. The monoisotopic (exact) mass is 425 g/mol. The third-order valence-corrected chi connectivity index (χ3v) is 6.92. The van der Waals surface area contributed by atoms with Crippen molar-refractivity contribution in [2.75, 3.05) is 26.2 Å². The van der Waals surface area contributed by atoms with Crippen molar-refractivity contribution in [1.29, 1.82) is 0 Å². The lowest BCUT2D eigenvalue weighted by Crippen LogP contribution is -2.61. The predicted molar refractivity (Wildman–Crippen MR) is 111 cm³/mol. The molecular weight excluding hydrogens is 398 g/mol. The number of rotatable bonds is 4. The van der Waals surface area contributed by atoms with Crippen LogP contribution in [0.1, 0.15) is 52.0 Å². The van der Waals surface area contributed by atoms with Gasteiger partial charge in [-0.2, -0.15) is 0 Å². The number of benzene rings is 1. The van der Waals surface area contributed by atoms with E-state index in [9.17, 15) is 19.2 Å². The van der Waals surface area contributed by atoms with Crippen LogP contribution in [0.15, 0.2) is 18.2 Å². The van der Waals surface area contributed by atoms with E-state index in [2.05, 4.69) is 15.1 Å². The highest BCUT2D eigenvalue weighted by molar-refractivity contribution is 6.23. The number of hydrogen-bond acceptors (Lipinski definition) is 7. The highest BCUT2D eigenvalue weighted by Gasteiger charge is 2.44. The van der Waals surface area contributed by atoms with Crippen molar-refractivity contribution in [2.24, 2.45) is 5.73 Å². The molecule has 0 radical (unpaired) electrons. The summed E-state index contributed by atoms with van der Waals surface area (Å²) >= 11 is 0. The summed E-state index contributed by atoms with van der Waals surface area (Å²) in [6.45, 7) is 4.69. The Morgan fingerprint density at radius 3 is 2.35 bits per heavy atom. The fourth-order valence-corrected chi connectivity index (χ4v) is 5.16. The molecule has 9 nitrogen and oxygen atoms in total. The molecule has 1 unspecified atom stereocenters. The van der Waals surface area contributed by atoms with Crippen molar-refractivity contribution in [3.63, 3.8) is 0 Å². The molecule has 0 aromatic heterocycles. The molecule has 1 aromatic carbocycles. The van der Waals surface area contributed by atoms with Gasteiger partial charge in [-0.1, -0.05) is 6.07 Å². The number of fused-ring (bicyclic) bond motifs is 1. The average Bonchev–Trinajstić information content (AvgIpc) is 2.97. The molecule has 3 saturated heterocycles. The van der Waals surface area contributed by atoms with Crippen molar-refractivity contribution in [3.8, 4) is 0 Å². The van der Waals surface area contributed by atoms with Crippen LogP contribution in [0.2, 0.25) is 0 Å². The van der Waals surface area contributed by atoms with Gasteiger partial charge in [0.05, 0.1) is 11.1 Å². The van der Waals surface area contributed by atoms with E-state index in [1.165, 1.54) is 0 Å². The quantitative estimate of drug-likeness (QED) is 0.636. The number of piperidine rings is 2. The Hall–Kier alpha value is -2.62. The van der Waals surface area contributed by atoms with Gasteiger partial charge >= 0.3 is 0 Å². The third-order valence-electron chi connectivity index (χ3n) is 6.92. The van der Waals surface area contributed by atoms with Gasteiger partial charge in [-0.3, -0.25) is 39.2 Å². The predicted octanol–water partition coefficient (Wildman–Crippen LogP) is -0.305. The molecule has 9 heteroatoms. The fourth-order valence-electron chi connectivity index (χ4n) is 5.16. The summed E-state index contributed by atoms with van der Waals surface area (Å²) in [5.41, 5.74) is 7.55. The number of amides is 4. The third kappa shape index (κ3) is 3.66. The minimum atomic E-state index is -0.929. The van der Waals surface area contributed by atoms with E-state index in [4.69, 9.17) is 5.73 Å². The van der Waals surface area contributed by atoms with Crippen molar-refractivity contribution < 1.29 is 19.2 Å². The van der Waals surface area contributed by atoms with E-state index < -0.39 is 23.8 Å². The van der Waals surface area contributed by atoms with Crippen molar-refractivity contribution in [2.45, 2.75) is 50.4 Å². The fraction of sp³-hybridized carbons (Fsp3) is 0.545. The van der Waals surface area contributed by atoms with Gasteiger partial charge < -0.3 is 5.73 Å². The van der Waals surface area contributed by atoms with E-state index in [0.717, 1.165) is 56.0 Å². The lowest BCUT2D eigenvalue weighted by atomic mass is 9.97. The molecule has 3 fully saturated rings. The molecule has 4 amide bonds. The highest BCUT2D eigenvalue weighted by atomic mass is 16.2. The van der Waals surface area contributed by atoms with E-state index in [1.54, 1.807) is 12.1 Å². The first-order chi connectivity index (χ1) is 14.9. The summed E-state index contributed by atoms with van der Waals surface area (Å²) in [5, 5.41) is 2.22. The Kier molecular flexibility index (Phi) is 5.11. The zero-order valence-electron chi connectivity index (χ0n) is 17.4. The zero-order valence-corrected chi connectivity index (χ0v) is 17.4. The van der Waals surface area contributed by atoms with Crippen LogP contribution in [-0.4, -0.2) is 82.6 Å². The molecule has 0 bridgehead atoms. The molecule has 0 aliphatic carbocycles. The van der Waals surface area contributed by atoms with Crippen molar-refractivity contribution in [3.05, 3.63) is 34.9 Å². The van der Waals surface area contributed by atoms with Crippen LogP contribution in [-0.2, 0) is 16.1 Å². The second-order valence-corrected chi connectivity index (χ2v) is 9.05. The Balaban J connectivity index is 1.24. The lowest BCUT2D eigenvalue weighted by Gasteiger charge is -2.46. The summed E-state index contributed by atoms with van der Waals surface area (Å²) in [5.74, 6) is -1.88. The van der Waals surface area contributed by atoms with Crippen LogP contribution < -0.4 is 11.1 Å². The number of imide groups is 2. The summed E-state index contributed by atoms with van der Waals surface area (Å²) in [4.78, 5) is 55.2. The van der Waals surface area contributed by atoms with Gasteiger partial charge in [-0.15, -0.1) is 0 Å². The number of nitrogens with zero attached hydrogens (tertiary/aromatic N) is 3. The number of nitrogens with two attached hydrogens (primary N) is 1. The first-order valence-corrected chi connectivity index (χ1v) is 11.0. The molecule has 4 heterocycles. The smallest absolute Gasteiger partial charge is 0.262 e. The molecule has 4 aliphatic rings. The maximum absolute atomic E-state index is 13.0. The second kappa shape index (κ2) is 7.81. The minimum absolute atomic E-state index is 0.119. The number of carbonyl (C=O) groups is 4. The van der Waals surface area contributed by atoms with E-state index in [-0.39, 0.29) is 18.7 Å². The normalized spacial score (nSPS) is 26.2. The van der Waals surface area contributed by atoms with Gasteiger partial charge in [0.2, 0.25) is 11.8 Å². The Labute approximate surface area is 180 Å². The van der Waals surface area contributed by atoms with Crippen LogP contribution in [0.5, 0.6) is 0 Å². The van der Waals surface area contributed by atoms with Gasteiger partial charge in [0.25, 0.3) is 11.8 Å².